The normalized spacial score (nSPS) is 10.4. The van der Waals surface area contributed by atoms with Gasteiger partial charge in [0.15, 0.2) is 0 Å². The van der Waals surface area contributed by atoms with Gasteiger partial charge in [0.25, 0.3) is 0 Å². The van der Waals surface area contributed by atoms with Gasteiger partial charge in [-0.2, -0.15) is 0 Å². The molecule has 0 bridgehead atoms. The van der Waals surface area contributed by atoms with Crippen molar-refractivity contribution in [3.05, 3.63) is 63.4 Å². The molecule has 92 valence electrons. The van der Waals surface area contributed by atoms with Gasteiger partial charge in [0.05, 0.1) is 15.6 Å². The Morgan fingerprint density at radius 1 is 1.11 bits per heavy atom. The average molecular weight is 284 g/mol. The topological polar surface area (TPSA) is 52.6 Å². The first-order chi connectivity index (χ1) is 8.50. The van der Waals surface area contributed by atoms with Crippen molar-refractivity contribution < 1.29 is 4.39 Å². The Morgan fingerprint density at radius 2 is 1.72 bits per heavy atom. The number of pyridine rings is 1. The molecular weight excluding hydrogens is 276 g/mol. The van der Waals surface area contributed by atoms with Crippen LogP contribution in [-0.4, -0.2) is 10.4 Å². The highest BCUT2D eigenvalue weighted by Crippen LogP contribution is 2.24. The van der Waals surface area contributed by atoms with Crippen molar-refractivity contribution in [3.63, 3.8) is 0 Å². The van der Waals surface area contributed by atoms with Crippen LogP contribution in [0.4, 0.5) is 4.39 Å². The number of aromatic nitrogens is 1. The highest BCUT2D eigenvalue weighted by atomic mass is 35.5. The predicted octanol–water partition coefficient (Wildman–Crippen LogP) is 3.29. The van der Waals surface area contributed by atoms with E-state index >= 15 is 0 Å². The molecule has 2 rings (SSSR count). The van der Waals surface area contributed by atoms with Gasteiger partial charge in [-0.05, 0) is 24.3 Å². The van der Waals surface area contributed by atoms with E-state index in [1.165, 1.54) is 6.07 Å². The average Bonchev–Trinajstić information content (AvgIpc) is 2.32. The molecule has 0 aliphatic heterocycles. The number of nitrogens with zero attached hydrogens (tertiary/aromatic N) is 1. The van der Waals surface area contributed by atoms with Gasteiger partial charge < -0.3 is 0 Å². The first kappa shape index (κ1) is 12.8. The summed E-state index contributed by atoms with van der Waals surface area (Å²) >= 11 is 11.9. The lowest BCUT2D eigenvalue weighted by molar-refractivity contribution is 0.613. The summed E-state index contributed by atoms with van der Waals surface area (Å²) in [6, 6.07) is 7.23. The second-order valence-electron chi connectivity index (χ2n) is 3.55. The van der Waals surface area contributed by atoms with Crippen LogP contribution < -0.4 is 5.49 Å². The maximum Gasteiger partial charge on any atom is 0.141 e. The largest absolute Gasteiger partial charge is 0.284 e. The van der Waals surface area contributed by atoms with Crippen LogP contribution in [0.2, 0.25) is 10.0 Å². The SMILES string of the molecule is N=C(c1c(Cl)cccc1Cl)n1cc(F)ccc1=N. The van der Waals surface area contributed by atoms with E-state index in [1.807, 2.05) is 0 Å². The summed E-state index contributed by atoms with van der Waals surface area (Å²) in [5, 5.41) is 16.2. The summed E-state index contributed by atoms with van der Waals surface area (Å²) in [7, 11) is 0. The predicted molar refractivity (Wildman–Crippen MR) is 68.9 cm³/mol. The standard InChI is InChI=1S/C12H8Cl2FN3/c13-8-2-1-3-9(14)11(8)12(17)18-6-7(15)4-5-10(18)16/h1-6,16-17H. The smallest absolute Gasteiger partial charge is 0.141 e. The summed E-state index contributed by atoms with van der Waals surface area (Å²) in [6.45, 7) is 0. The summed E-state index contributed by atoms with van der Waals surface area (Å²) in [5.41, 5.74) is 0.238. The van der Waals surface area contributed by atoms with E-state index in [9.17, 15) is 4.39 Å². The fraction of sp³-hybridized carbons (Fsp3) is 0. The Kier molecular flexibility index (Phi) is 3.50. The third kappa shape index (κ3) is 2.30. The van der Waals surface area contributed by atoms with Gasteiger partial charge in [-0.15, -0.1) is 0 Å². The molecule has 1 aromatic carbocycles. The van der Waals surface area contributed by atoms with Crippen molar-refractivity contribution in [2.24, 2.45) is 0 Å². The number of nitrogens with one attached hydrogen (secondary N) is 2. The zero-order valence-corrected chi connectivity index (χ0v) is 10.6. The zero-order chi connectivity index (χ0) is 13.3. The second kappa shape index (κ2) is 4.92. The summed E-state index contributed by atoms with van der Waals surface area (Å²) < 4.78 is 14.2. The molecule has 0 saturated carbocycles. The van der Waals surface area contributed by atoms with Gasteiger partial charge in [-0.25, -0.2) is 4.39 Å². The third-order valence-corrected chi connectivity index (χ3v) is 2.98. The van der Waals surface area contributed by atoms with Crippen LogP contribution in [0, 0.1) is 16.6 Å². The molecule has 0 unspecified atom stereocenters. The Morgan fingerprint density at radius 3 is 2.33 bits per heavy atom. The highest BCUT2D eigenvalue weighted by molar-refractivity contribution is 6.39. The molecule has 6 heteroatoms. The first-order valence-corrected chi connectivity index (χ1v) is 5.72. The minimum Gasteiger partial charge on any atom is -0.284 e. The number of rotatable bonds is 1. The Balaban J connectivity index is 2.62. The van der Waals surface area contributed by atoms with Crippen molar-refractivity contribution in [3.8, 4) is 0 Å². The van der Waals surface area contributed by atoms with Gasteiger partial charge in [-0.3, -0.25) is 15.4 Å². The lowest BCUT2D eigenvalue weighted by Crippen LogP contribution is -2.27. The van der Waals surface area contributed by atoms with Crippen molar-refractivity contribution in [1.82, 2.24) is 4.57 Å². The maximum atomic E-state index is 13.2. The Hall–Kier alpha value is -1.65. The molecule has 0 amide bonds. The molecule has 0 saturated heterocycles. The lowest BCUT2D eigenvalue weighted by atomic mass is 10.2. The van der Waals surface area contributed by atoms with Gasteiger partial charge in [0.2, 0.25) is 0 Å². The quantitative estimate of drug-likeness (QED) is 0.596. The van der Waals surface area contributed by atoms with Crippen LogP contribution in [0.5, 0.6) is 0 Å². The summed E-state index contributed by atoms with van der Waals surface area (Å²) in [4.78, 5) is 0. The number of halogens is 3. The molecule has 1 heterocycles. The van der Waals surface area contributed by atoms with Crippen molar-refractivity contribution in [1.29, 1.82) is 10.8 Å². The monoisotopic (exact) mass is 283 g/mol. The number of hydrogen-bond acceptors (Lipinski definition) is 2. The Labute approximate surface area is 112 Å². The molecule has 1 aromatic heterocycles. The van der Waals surface area contributed by atoms with Crippen LogP contribution in [0.15, 0.2) is 36.5 Å². The minimum atomic E-state index is -0.543. The van der Waals surface area contributed by atoms with Crippen LogP contribution >= 0.6 is 23.2 Å². The van der Waals surface area contributed by atoms with E-state index in [0.29, 0.717) is 0 Å². The highest BCUT2D eigenvalue weighted by Gasteiger charge is 2.13. The van der Waals surface area contributed by atoms with Crippen molar-refractivity contribution in [2.75, 3.05) is 0 Å². The fourth-order valence-corrected chi connectivity index (χ4v) is 2.08. The third-order valence-electron chi connectivity index (χ3n) is 2.35. The maximum absolute atomic E-state index is 13.2. The van der Waals surface area contributed by atoms with E-state index in [2.05, 4.69) is 0 Å². The van der Waals surface area contributed by atoms with E-state index < -0.39 is 5.82 Å². The van der Waals surface area contributed by atoms with Crippen LogP contribution in [0.1, 0.15) is 5.56 Å². The van der Waals surface area contributed by atoms with Crippen molar-refractivity contribution in [2.45, 2.75) is 0 Å². The lowest BCUT2D eigenvalue weighted by Gasteiger charge is -2.11. The zero-order valence-electron chi connectivity index (χ0n) is 9.05. The summed E-state index contributed by atoms with van der Waals surface area (Å²) in [6.07, 6.45) is 1.05. The molecular formula is C12H8Cl2FN3. The van der Waals surface area contributed by atoms with E-state index in [4.69, 9.17) is 34.0 Å². The molecule has 0 radical (unpaired) electrons. The van der Waals surface area contributed by atoms with Crippen molar-refractivity contribution >= 4 is 29.0 Å². The molecule has 0 aliphatic carbocycles. The molecule has 0 fully saturated rings. The molecule has 3 nitrogen and oxygen atoms in total. The second-order valence-corrected chi connectivity index (χ2v) is 4.36. The molecule has 18 heavy (non-hydrogen) atoms. The molecule has 2 N–H and O–H groups in total. The van der Waals surface area contributed by atoms with E-state index in [0.717, 1.165) is 16.8 Å². The van der Waals surface area contributed by atoms with Crippen LogP contribution in [0.25, 0.3) is 0 Å². The van der Waals surface area contributed by atoms with Gasteiger partial charge >= 0.3 is 0 Å². The van der Waals surface area contributed by atoms with Crippen LogP contribution in [-0.2, 0) is 0 Å². The first-order valence-electron chi connectivity index (χ1n) is 4.97. The van der Waals surface area contributed by atoms with E-state index in [-0.39, 0.29) is 26.9 Å². The minimum absolute atomic E-state index is 0.0302. The molecule has 0 aliphatic rings. The number of benzene rings is 1. The van der Waals surface area contributed by atoms with Crippen LogP contribution in [0.3, 0.4) is 0 Å². The number of hydrogen-bond donors (Lipinski definition) is 2. The molecule has 0 spiro atoms. The Bertz CT molecular complexity index is 659. The van der Waals surface area contributed by atoms with Gasteiger partial charge in [-0.1, -0.05) is 29.3 Å². The van der Waals surface area contributed by atoms with E-state index in [1.54, 1.807) is 18.2 Å². The van der Waals surface area contributed by atoms with Gasteiger partial charge in [0, 0.05) is 6.20 Å². The van der Waals surface area contributed by atoms with Gasteiger partial charge in [0.1, 0.15) is 17.1 Å². The summed E-state index contributed by atoms with van der Waals surface area (Å²) in [5.74, 6) is -0.686. The molecule has 0 atom stereocenters. The fourth-order valence-electron chi connectivity index (χ4n) is 1.50. The molecule has 2 aromatic rings.